The summed E-state index contributed by atoms with van der Waals surface area (Å²) in [5, 5.41) is 5.08. The average molecular weight is 488 g/mol. The van der Waals surface area contributed by atoms with E-state index in [0.29, 0.717) is 43.0 Å². The van der Waals surface area contributed by atoms with Crippen molar-refractivity contribution in [2.75, 3.05) is 5.32 Å². The first-order valence-electron chi connectivity index (χ1n) is 9.74. The van der Waals surface area contributed by atoms with E-state index in [1.54, 1.807) is 55.8 Å². The highest BCUT2D eigenvalue weighted by molar-refractivity contribution is 6.42. The molecule has 0 amide bonds. The number of hydrogen-bond donors (Lipinski definition) is 1. The standard InChI is InChI=1S/C23H17Cl3N4O2/c1-2-18(31)32-22-15(12-17(25)13-7-4-9-27-21(13)22)20(30-23-28-10-5-11-29-23)14-6-3-8-16(24)19(14)26/h3-12,20H,2H2,1H3,(H,28,29,30). The molecule has 0 aliphatic rings. The number of pyridine rings is 1. The van der Waals surface area contributed by atoms with Gasteiger partial charge in [-0.1, -0.05) is 53.9 Å². The van der Waals surface area contributed by atoms with Gasteiger partial charge in [0.05, 0.1) is 21.1 Å². The van der Waals surface area contributed by atoms with Crippen LogP contribution in [0.4, 0.5) is 5.95 Å². The van der Waals surface area contributed by atoms with Crippen molar-refractivity contribution in [3.8, 4) is 5.75 Å². The second kappa shape index (κ2) is 9.69. The van der Waals surface area contributed by atoms with Crippen LogP contribution < -0.4 is 10.1 Å². The zero-order chi connectivity index (χ0) is 22.7. The lowest BCUT2D eigenvalue weighted by Gasteiger charge is -2.24. The van der Waals surface area contributed by atoms with Crippen LogP contribution in [0.25, 0.3) is 10.9 Å². The van der Waals surface area contributed by atoms with Gasteiger partial charge < -0.3 is 10.1 Å². The highest BCUT2D eigenvalue weighted by atomic mass is 35.5. The van der Waals surface area contributed by atoms with E-state index in [1.165, 1.54) is 0 Å². The van der Waals surface area contributed by atoms with Crippen LogP contribution in [0, 0.1) is 0 Å². The Morgan fingerprint density at radius 1 is 0.969 bits per heavy atom. The Kier molecular flexibility index (Phi) is 6.74. The minimum atomic E-state index is -0.646. The number of rotatable bonds is 6. The molecule has 0 aliphatic heterocycles. The van der Waals surface area contributed by atoms with Crippen LogP contribution >= 0.6 is 34.8 Å². The van der Waals surface area contributed by atoms with E-state index in [1.807, 2.05) is 12.1 Å². The molecular formula is C23H17Cl3N4O2. The smallest absolute Gasteiger partial charge is 0.310 e. The number of hydrogen-bond acceptors (Lipinski definition) is 6. The number of nitrogens with one attached hydrogen (secondary N) is 1. The normalized spacial score (nSPS) is 11.9. The fourth-order valence-corrected chi connectivity index (χ4v) is 3.96. The number of fused-ring (bicyclic) bond motifs is 1. The van der Waals surface area contributed by atoms with Crippen molar-refractivity contribution in [1.82, 2.24) is 15.0 Å². The number of ether oxygens (including phenoxy) is 1. The molecule has 2 aromatic carbocycles. The largest absolute Gasteiger partial charge is 0.424 e. The van der Waals surface area contributed by atoms with Crippen LogP contribution in [0.5, 0.6) is 5.75 Å². The van der Waals surface area contributed by atoms with E-state index in [-0.39, 0.29) is 12.2 Å². The number of carbonyl (C=O) groups is 1. The van der Waals surface area contributed by atoms with Gasteiger partial charge in [0.2, 0.25) is 5.95 Å². The minimum absolute atomic E-state index is 0.189. The van der Waals surface area contributed by atoms with Gasteiger partial charge in [0, 0.05) is 36.0 Å². The monoisotopic (exact) mass is 486 g/mol. The fourth-order valence-electron chi connectivity index (χ4n) is 3.27. The Balaban J connectivity index is 1.99. The first-order valence-corrected chi connectivity index (χ1v) is 10.9. The number of nitrogens with zero attached hydrogens (tertiary/aromatic N) is 3. The predicted octanol–water partition coefficient (Wildman–Crippen LogP) is 6.50. The topological polar surface area (TPSA) is 77.0 Å². The zero-order valence-corrected chi connectivity index (χ0v) is 19.1. The molecular weight excluding hydrogens is 471 g/mol. The Bertz CT molecular complexity index is 1290. The van der Waals surface area contributed by atoms with Crippen molar-refractivity contribution in [3.05, 3.63) is 87.2 Å². The third-order valence-electron chi connectivity index (χ3n) is 4.77. The number of aromatic nitrogens is 3. The molecule has 6 nitrogen and oxygen atoms in total. The highest BCUT2D eigenvalue weighted by Gasteiger charge is 2.27. The van der Waals surface area contributed by atoms with E-state index in [9.17, 15) is 4.79 Å². The van der Waals surface area contributed by atoms with E-state index in [4.69, 9.17) is 39.5 Å². The summed E-state index contributed by atoms with van der Waals surface area (Å²) in [6, 6.07) is 11.6. The maximum Gasteiger partial charge on any atom is 0.310 e. The van der Waals surface area contributed by atoms with Gasteiger partial charge in [-0.15, -0.1) is 0 Å². The fraction of sp³-hybridized carbons (Fsp3) is 0.130. The molecule has 0 spiro atoms. The molecule has 0 radical (unpaired) electrons. The van der Waals surface area contributed by atoms with Crippen molar-refractivity contribution in [2.45, 2.75) is 19.4 Å². The van der Waals surface area contributed by atoms with Crippen molar-refractivity contribution in [1.29, 1.82) is 0 Å². The summed E-state index contributed by atoms with van der Waals surface area (Å²) in [5.41, 5.74) is 1.63. The summed E-state index contributed by atoms with van der Waals surface area (Å²) in [6.45, 7) is 1.72. The quantitative estimate of drug-likeness (QED) is 0.247. The number of benzene rings is 2. The molecule has 0 bridgehead atoms. The second-order valence-corrected chi connectivity index (χ2v) is 7.99. The highest BCUT2D eigenvalue weighted by Crippen LogP contribution is 2.43. The van der Waals surface area contributed by atoms with Crippen LogP contribution in [0.2, 0.25) is 15.1 Å². The molecule has 0 aliphatic carbocycles. The molecule has 2 heterocycles. The van der Waals surface area contributed by atoms with Crippen LogP contribution in [0.1, 0.15) is 30.5 Å². The van der Waals surface area contributed by atoms with Crippen molar-refractivity contribution >= 4 is 57.6 Å². The Hall–Kier alpha value is -2.93. The summed E-state index contributed by atoms with van der Waals surface area (Å²) in [7, 11) is 0. The molecule has 9 heteroatoms. The Morgan fingerprint density at radius 2 is 1.72 bits per heavy atom. The lowest BCUT2D eigenvalue weighted by molar-refractivity contribution is -0.133. The molecule has 0 fully saturated rings. The van der Waals surface area contributed by atoms with Gasteiger partial charge >= 0.3 is 5.97 Å². The van der Waals surface area contributed by atoms with Gasteiger partial charge in [-0.2, -0.15) is 0 Å². The maximum atomic E-state index is 12.3. The van der Waals surface area contributed by atoms with Gasteiger partial charge in [-0.25, -0.2) is 9.97 Å². The molecule has 4 aromatic rings. The second-order valence-electron chi connectivity index (χ2n) is 6.80. The summed E-state index contributed by atoms with van der Waals surface area (Å²) in [5.74, 6) is 0.215. The van der Waals surface area contributed by atoms with Gasteiger partial charge in [-0.3, -0.25) is 9.78 Å². The van der Waals surface area contributed by atoms with Gasteiger partial charge in [0.15, 0.2) is 5.75 Å². The zero-order valence-electron chi connectivity index (χ0n) is 16.8. The van der Waals surface area contributed by atoms with Crippen LogP contribution in [0.15, 0.2) is 61.1 Å². The Labute approximate surface area is 199 Å². The summed E-state index contributed by atoms with van der Waals surface area (Å²) < 4.78 is 5.76. The third-order valence-corrected chi connectivity index (χ3v) is 5.92. The molecule has 1 N–H and O–H groups in total. The van der Waals surface area contributed by atoms with Gasteiger partial charge in [-0.05, 0) is 35.9 Å². The molecule has 4 rings (SSSR count). The summed E-state index contributed by atoms with van der Waals surface area (Å²) >= 11 is 19.5. The van der Waals surface area contributed by atoms with Crippen molar-refractivity contribution in [3.63, 3.8) is 0 Å². The van der Waals surface area contributed by atoms with E-state index in [0.717, 1.165) is 0 Å². The molecule has 162 valence electrons. The lowest BCUT2D eigenvalue weighted by atomic mass is 9.96. The van der Waals surface area contributed by atoms with Crippen molar-refractivity contribution < 1.29 is 9.53 Å². The van der Waals surface area contributed by atoms with Gasteiger partial charge in [0.1, 0.15) is 5.52 Å². The maximum absolute atomic E-state index is 12.3. The number of esters is 1. The van der Waals surface area contributed by atoms with Crippen LogP contribution in [-0.2, 0) is 4.79 Å². The molecule has 1 atom stereocenters. The SMILES string of the molecule is CCC(=O)Oc1c(C(Nc2ncccn2)c2cccc(Cl)c2Cl)cc(Cl)c2cccnc12. The average Bonchev–Trinajstić information content (AvgIpc) is 2.82. The molecule has 0 saturated carbocycles. The van der Waals surface area contributed by atoms with E-state index < -0.39 is 12.0 Å². The molecule has 2 aromatic heterocycles. The lowest BCUT2D eigenvalue weighted by Crippen LogP contribution is -2.18. The summed E-state index contributed by atoms with van der Waals surface area (Å²) in [4.78, 5) is 25.3. The third kappa shape index (κ3) is 4.48. The predicted molar refractivity (Wildman–Crippen MR) is 127 cm³/mol. The first-order chi connectivity index (χ1) is 15.5. The van der Waals surface area contributed by atoms with Gasteiger partial charge in [0.25, 0.3) is 0 Å². The molecule has 32 heavy (non-hydrogen) atoms. The molecule has 1 unspecified atom stereocenters. The first kappa shape index (κ1) is 22.3. The Morgan fingerprint density at radius 3 is 2.47 bits per heavy atom. The summed E-state index contributed by atoms with van der Waals surface area (Å²) in [6.07, 6.45) is 5.02. The van der Waals surface area contributed by atoms with Crippen LogP contribution in [0.3, 0.4) is 0 Å². The molecule has 0 saturated heterocycles. The van der Waals surface area contributed by atoms with E-state index in [2.05, 4.69) is 20.3 Å². The van der Waals surface area contributed by atoms with E-state index >= 15 is 0 Å². The number of halogens is 3. The van der Waals surface area contributed by atoms with Crippen molar-refractivity contribution in [2.24, 2.45) is 0 Å². The minimum Gasteiger partial charge on any atom is -0.424 e. The number of carbonyl (C=O) groups excluding carboxylic acids is 1. The number of anilines is 1. The van der Waals surface area contributed by atoms with Crippen LogP contribution in [-0.4, -0.2) is 20.9 Å².